The summed E-state index contributed by atoms with van der Waals surface area (Å²) < 4.78 is 0. The summed E-state index contributed by atoms with van der Waals surface area (Å²) in [5.74, 6) is 0.896. The Balaban J connectivity index is 1.89. The first-order valence-corrected chi connectivity index (χ1v) is 8.48. The van der Waals surface area contributed by atoms with Crippen LogP contribution in [0.3, 0.4) is 0 Å². The molecule has 1 aliphatic carbocycles. The second kappa shape index (κ2) is 7.42. The van der Waals surface area contributed by atoms with Crippen molar-refractivity contribution in [3.63, 3.8) is 0 Å². The highest BCUT2D eigenvalue weighted by Crippen LogP contribution is 2.32. The molecule has 1 aliphatic rings. The van der Waals surface area contributed by atoms with Gasteiger partial charge in [0.25, 0.3) is 0 Å². The average molecular weight is 288 g/mol. The molecule has 1 aromatic rings. The Kier molecular flexibility index (Phi) is 5.83. The van der Waals surface area contributed by atoms with Crippen LogP contribution in [0.5, 0.6) is 0 Å². The molecular weight excluding hydrogens is 256 g/mol. The third kappa shape index (κ3) is 4.82. The van der Waals surface area contributed by atoms with E-state index >= 15 is 0 Å². The van der Waals surface area contributed by atoms with Crippen LogP contribution in [0.1, 0.15) is 57.6 Å². The molecule has 118 valence electrons. The predicted octanol–water partition coefficient (Wildman–Crippen LogP) is 4.22. The molecule has 2 nitrogen and oxygen atoms in total. The normalized spacial score (nSPS) is 18.9. The number of nitrogens with two attached hydrogens (primary N) is 1. The first-order chi connectivity index (χ1) is 9.99. The highest BCUT2D eigenvalue weighted by Gasteiger charge is 2.29. The number of hydrogen-bond acceptors (Lipinski definition) is 2. The van der Waals surface area contributed by atoms with Crippen molar-refractivity contribution in [2.75, 3.05) is 20.1 Å². The van der Waals surface area contributed by atoms with Gasteiger partial charge in [0.1, 0.15) is 0 Å². The molecule has 0 amide bonds. The lowest BCUT2D eigenvalue weighted by Gasteiger charge is -2.37. The van der Waals surface area contributed by atoms with E-state index in [4.69, 9.17) is 5.73 Å². The molecule has 2 N–H and O–H groups in total. The lowest BCUT2D eigenvalue weighted by molar-refractivity contribution is 0.148. The molecule has 1 fully saturated rings. The first kappa shape index (κ1) is 16.5. The predicted molar refractivity (Wildman–Crippen MR) is 91.2 cm³/mol. The molecule has 2 rings (SSSR count). The van der Waals surface area contributed by atoms with E-state index < -0.39 is 0 Å². The van der Waals surface area contributed by atoms with E-state index in [0.717, 1.165) is 12.5 Å². The Morgan fingerprint density at radius 3 is 2.38 bits per heavy atom. The Morgan fingerprint density at radius 1 is 1.14 bits per heavy atom. The summed E-state index contributed by atoms with van der Waals surface area (Å²) in [5, 5.41) is 0. The van der Waals surface area contributed by atoms with Crippen molar-refractivity contribution >= 4 is 0 Å². The summed E-state index contributed by atoms with van der Waals surface area (Å²) in [5.41, 5.74) is 7.86. The Hall–Kier alpha value is -0.860. The van der Waals surface area contributed by atoms with E-state index in [0.29, 0.717) is 0 Å². The lowest BCUT2D eigenvalue weighted by Crippen LogP contribution is -2.41. The molecule has 0 spiro atoms. The molecule has 2 heteroatoms. The molecule has 0 saturated heterocycles. The molecule has 1 atom stereocenters. The topological polar surface area (TPSA) is 29.3 Å². The molecule has 1 unspecified atom stereocenters. The van der Waals surface area contributed by atoms with Crippen LogP contribution in [0, 0.1) is 11.3 Å². The summed E-state index contributed by atoms with van der Waals surface area (Å²) in [7, 11) is 2.26. The minimum Gasteiger partial charge on any atom is -0.323 e. The largest absolute Gasteiger partial charge is 0.323 e. The van der Waals surface area contributed by atoms with Crippen molar-refractivity contribution in [3.05, 3.63) is 35.9 Å². The van der Waals surface area contributed by atoms with Crippen LogP contribution in [0.2, 0.25) is 0 Å². The van der Waals surface area contributed by atoms with Crippen molar-refractivity contribution in [3.8, 4) is 0 Å². The van der Waals surface area contributed by atoms with Crippen molar-refractivity contribution < 1.29 is 0 Å². The van der Waals surface area contributed by atoms with E-state index in [1.807, 2.05) is 0 Å². The smallest absolute Gasteiger partial charge is 0.0359 e. The molecule has 0 aromatic heterocycles. The van der Waals surface area contributed by atoms with Crippen LogP contribution in [0.15, 0.2) is 30.3 Å². The Labute approximate surface area is 130 Å². The van der Waals surface area contributed by atoms with E-state index in [9.17, 15) is 0 Å². The molecular formula is C19H32N2. The lowest BCUT2D eigenvalue weighted by atomic mass is 9.80. The van der Waals surface area contributed by atoms with E-state index in [1.54, 1.807) is 0 Å². The van der Waals surface area contributed by atoms with Gasteiger partial charge in [0, 0.05) is 19.1 Å². The third-order valence-electron chi connectivity index (χ3n) is 4.97. The fourth-order valence-corrected chi connectivity index (χ4v) is 3.78. The van der Waals surface area contributed by atoms with Crippen LogP contribution < -0.4 is 5.73 Å². The molecule has 0 bridgehead atoms. The fraction of sp³-hybridized carbons (Fsp3) is 0.684. The Morgan fingerprint density at radius 2 is 1.76 bits per heavy atom. The van der Waals surface area contributed by atoms with Crippen molar-refractivity contribution in [2.24, 2.45) is 17.1 Å². The summed E-state index contributed by atoms with van der Waals surface area (Å²) in [6.45, 7) is 6.87. The van der Waals surface area contributed by atoms with Crippen LogP contribution in [-0.4, -0.2) is 25.0 Å². The quantitative estimate of drug-likeness (QED) is 0.849. The van der Waals surface area contributed by atoms with Crippen molar-refractivity contribution in [1.82, 2.24) is 4.90 Å². The van der Waals surface area contributed by atoms with Crippen LogP contribution in [-0.2, 0) is 0 Å². The van der Waals surface area contributed by atoms with Gasteiger partial charge < -0.3 is 10.6 Å². The van der Waals surface area contributed by atoms with Gasteiger partial charge in [0.2, 0.25) is 0 Å². The van der Waals surface area contributed by atoms with Gasteiger partial charge in [-0.1, -0.05) is 63.4 Å². The zero-order valence-corrected chi connectivity index (χ0v) is 14.0. The highest BCUT2D eigenvalue weighted by molar-refractivity contribution is 5.20. The van der Waals surface area contributed by atoms with Gasteiger partial charge in [-0.15, -0.1) is 0 Å². The van der Waals surface area contributed by atoms with Crippen molar-refractivity contribution in [1.29, 1.82) is 0 Å². The highest BCUT2D eigenvalue weighted by atomic mass is 15.1. The molecule has 0 heterocycles. The zero-order chi connectivity index (χ0) is 15.3. The van der Waals surface area contributed by atoms with E-state index in [-0.39, 0.29) is 11.5 Å². The SMILES string of the molecule is CN(CC1CCCCC1)CC(C)(C)C(N)c1ccccc1. The average Bonchev–Trinajstić information content (AvgIpc) is 2.47. The number of hydrogen-bond donors (Lipinski definition) is 1. The number of benzene rings is 1. The minimum atomic E-state index is 0.0881. The van der Waals surface area contributed by atoms with E-state index in [1.165, 1.54) is 44.2 Å². The van der Waals surface area contributed by atoms with Gasteiger partial charge >= 0.3 is 0 Å². The van der Waals surface area contributed by atoms with Gasteiger partial charge in [-0.2, -0.15) is 0 Å². The molecule has 0 aliphatic heterocycles. The van der Waals surface area contributed by atoms with Crippen LogP contribution >= 0.6 is 0 Å². The second-order valence-electron chi connectivity index (χ2n) is 7.58. The first-order valence-electron chi connectivity index (χ1n) is 8.48. The van der Waals surface area contributed by atoms with Gasteiger partial charge in [-0.05, 0) is 36.8 Å². The van der Waals surface area contributed by atoms with E-state index in [2.05, 4.69) is 56.1 Å². The maximum Gasteiger partial charge on any atom is 0.0359 e. The monoisotopic (exact) mass is 288 g/mol. The summed E-state index contributed by atoms with van der Waals surface area (Å²) in [6, 6.07) is 10.6. The van der Waals surface area contributed by atoms with Gasteiger partial charge in [0.05, 0.1) is 0 Å². The second-order valence-corrected chi connectivity index (χ2v) is 7.58. The molecule has 0 radical (unpaired) electrons. The summed E-state index contributed by atoms with van der Waals surface area (Å²) in [4.78, 5) is 2.50. The summed E-state index contributed by atoms with van der Waals surface area (Å²) >= 11 is 0. The van der Waals surface area contributed by atoms with Crippen LogP contribution in [0.25, 0.3) is 0 Å². The Bertz CT molecular complexity index is 407. The third-order valence-corrected chi connectivity index (χ3v) is 4.97. The number of nitrogens with zero attached hydrogens (tertiary/aromatic N) is 1. The van der Waals surface area contributed by atoms with Crippen LogP contribution in [0.4, 0.5) is 0 Å². The molecule has 1 saturated carbocycles. The van der Waals surface area contributed by atoms with Gasteiger partial charge in [-0.3, -0.25) is 0 Å². The standard InChI is InChI=1S/C19H32N2/c1-19(2,18(20)17-12-8-5-9-13-17)15-21(3)14-16-10-6-4-7-11-16/h5,8-9,12-13,16,18H,4,6-7,10-11,14-15,20H2,1-3H3. The van der Waals surface area contributed by atoms with Crippen molar-refractivity contribution in [2.45, 2.75) is 52.0 Å². The zero-order valence-electron chi connectivity index (χ0n) is 14.0. The van der Waals surface area contributed by atoms with Gasteiger partial charge in [0.15, 0.2) is 0 Å². The molecule has 21 heavy (non-hydrogen) atoms. The maximum absolute atomic E-state index is 6.53. The van der Waals surface area contributed by atoms with Gasteiger partial charge in [-0.25, -0.2) is 0 Å². The molecule has 1 aromatic carbocycles. The number of rotatable bonds is 6. The fourth-order valence-electron chi connectivity index (χ4n) is 3.78. The minimum absolute atomic E-state index is 0.0881. The summed E-state index contributed by atoms with van der Waals surface area (Å²) in [6.07, 6.45) is 7.10. The maximum atomic E-state index is 6.53.